The van der Waals surface area contributed by atoms with Crippen molar-refractivity contribution >= 4 is 35.4 Å². The van der Waals surface area contributed by atoms with Crippen LogP contribution in [-0.2, 0) is 19.2 Å². The van der Waals surface area contributed by atoms with Gasteiger partial charge in [0, 0.05) is 24.1 Å². The molecule has 0 aromatic heterocycles. The summed E-state index contributed by atoms with van der Waals surface area (Å²) in [5.41, 5.74) is 0.874. The zero-order valence-electron chi connectivity index (χ0n) is 16.5. The molecule has 0 aliphatic carbocycles. The van der Waals surface area contributed by atoms with Crippen molar-refractivity contribution in [2.75, 3.05) is 11.9 Å². The number of amides is 2. The van der Waals surface area contributed by atoms with E-state index in [1.165, 1.54) is 12.1 Å². The average Bonchev–Trinajstić information content (AvgIpc) is 2.72. The predicted octanol–water partition coefficient (Wildman–Crippen LogP) is 0.129. The van der Waals surface area contributed by atoms with Crippen molar-refractivity contribution in [3.8, 4) is 12.3 Å². The molecule has 166 valence electrons. The van der Waals surface area contributed by atoms with Crippen molar-refractivity contribution in [1.29, 1.82) is 0 Å². The van der Waals surface area contributed by atoms with Crippen LogP contribution in [0.5, 0.6) is 0 Å². The second kappa shape index (κ2) is 12.5. The van der Waals surface area contributed by atoms with Gasteiger partial charge in [-0.2, -0.15) is 0 Å². The first-order valence-corrected chi connectivity index (χ1v) is 9.19. The number of hydrogen-bond donors (Lipinski definition) is 6. The summed E-state index contributed by atoms with van der Waals surface area (Å²) in [7, 11) is 0. The molecular formula is C20H23N3O8. The third-order valence-electron chi connectivity index (χ3n) is 4.09. The van der Waals surface area contributed by atoms with Gasteiger partial charge in [0.2, 0.25) is 5.91 Å². The second-order valence-corrected chi connectivity index (χ2v) is 6.43. The van der Waals surface area contributed by atoms with E-state index in [1.807, 2.05) is 0 Å². The van der Waals surface area contributed by atoms with Crippen molar-refractivity contribution < 1.29 is 39.3 Å². The summed E-state index contributed by atoms with van der Waals surface area (Å²) in [6.45, 7) is 0.299. The highest BCUT2D eigenvalue weighted by atomic mass is 16.4. The number of aliphatic carboxylic acids is 3. The Morgan fingerprint density at radius 2 is 1.42 bits per heavy atom. The minimum atomic E-state index is -1.41. The lowest BCUT2D eigenvalue weighted by Crippen LogP contribution is -2.44. The van der Waals surface area contributed by atoms with E-state index < -0.39 is 48.2 Å². The molecule has 0 spiro atoms. The molecule has 2 atom stereocenters. The number of carboxylic acids is 3. The van der Waals surface area contributed by atoms with Gasteiger partial charge in [0.1, 0.15) is 12.1 Å². The number of rotatable bonds is 13. The normalized spacial score (nSPS) is 12.0. The number of anilines is 1. The summed E-state index contributed by atoms with van der Waals surface area (Å²) in [5, 5.41) is 34.3. The molecule has 2 amide bonds. The fraction of sp³-hybridized carbons (Fsp3) is 0.350. The van der Waals surface area contributed by atoms with Crippen LogP contribution in [-0.4, -0.2) is 63.7 Å². The molecule has 6 N–H and O–H groups in total. The lowest BCUT2D eigenvalue weighted by molar-refractivity contribution is -0.143. The third kappa shape index (κ3) is 9.31. The largest absolute Gasteiger partial charge is 0.481 e. The van der Waals surface area contributed by atoms with Crippen LogP contribution in [0.1, 0.15) is 36.0 Å². The maximum atomic E-state index is 12.3. The predicted molar refractivity (Wildman–Crippen MR) is 108 cm³/mol. The molecule has 0 saturated carbocycles. The first-order valence-electron chi connectivity index (χ1n) is 9.19. The van der Waals surface area contributed by atoms with Crippen LogP contribution in [0.3, 0.4) is 0 Å². The van der Waals surface area contributed by atoms with E-state index in [4.69, 9.17) is 16.6 Å². The van der Waals surface area contributed by atoms with Crippen LogP contribution in [0.25, 0.3) is 0 Å². The topological polar surface area (TPSA) is 182 Å². The van der Waals surface area contributed by atoms with E-state index in [1.54, 1.807) is 12.1 Å². The average molecular weight is 433 g/mol. The van der Waals surface area contributed by atoms with Gasteiger partial charge in [0.15, 0.2) is 0 Å². The molecule has 1 rings (SSSR count). The van der Waals surface area contributed by atoms with Gasteiger partial charge in [-0.25, -0.2) is 9.59 Å². The first-order chi connectivity index (χ1) is 14.6. The van der Waals surface area contributed by atoms with Crippen LogP contribution in [0.15, 0.2) is 24.3 Å². The lowest BCUT2D eigenvalue weighted by atomic mass is 10.1. The fourth-order valence-electron chi connectivity index (χ4n) is 2.46. The second-order valence-electron chi connectivity index (χ2n) is 6.43. The fourth-order valence-corrected chi connectivity index (χ4v) is 2.46. The molecule has 0 aliphatic heterocycles. The highest BCUT2D eigenvalue weighted by Gasteiger charge is 2.24. The Morgan fingerprint density at radius 3 is 1.94 bits per heavy atom. The van der Waals surface area contributed by atoms with Crippen molar-refractivity contribution in [1.82, 2.24) is 10.6 Å². The van der Waals surface area contributed by atoms with E-state index in [0.29, 0.717) is 12.2 Å². The summed E-state index contributed by atoms with van der Waals surface area (Å²) in [6.07, 6.45) is 3.69. The van der Waals surface area contributed by atoms with Crippen LogP contribution in [0, 0.1) is 12.3 Å². The number of carbonyl (C=O) groups is 5. The van der Waals surface area contributed by atoms with Gasteiger partial charge >= 0.3 is 17.9 Å². The molecule has 0 fully saturated rings. The molecule has 0 aliphatic rings. The number of carboxylic acid groups (broad SMARTS) is 3. The molecule has 31 heavy (non-hydrogen) atoms. The zero-order chi connectivity index (χ0) is 23.4. The minimum Gasteiger partial charge on any atom is -0.481 e. The third-order valence-corrected chi connectivity index (χ3v) is 4.09. The maximum Gasteiger partial charge on any atom is 0.326 e. The van der Waals surface area contributed by atoms with Gasteiger partial charge in [0.25, 0.3) is 5.91 Å². The molecule has 0 saturated heterocycles. The van der Waals surface area contributed by atoms with Gasteiger partial charge < -0.3 is 31.3 Å². The van der Waals surface area contributed by atoms with Crippen LogP contribution >= 0.6 is 0 Å². The smallest absolute Gasteiger partial charge is 0.326 e. The quantitative estimate of drug-likeness (QED) is 0.235. The highest BCUT2D eigenvalue weighted by Crippen LogP contribution is 2.10. The van der Waals surface area contributed by atoms with E-state index >= 15 is 0 Å². The molecule has 0 bridgehead atoms. The van der Waals surface area contributed by atoms with Gasteiger partial charge in [-0.15, -0.1) is 6.42 Å². The Bertz CT molecular complexity index is 860. The Kier molecular flexibility index (Phi) is 10.1. The van der Waals surface area contributed by atoms with E-state index in [-0.39, 0.29) is 24.8 Å². The number of nitrogens with one attached hydrogen (secondary N) is 3. The molecule has 1 aromatic carbocycles. The molecule has 11 heteroatoms. The van der Waals surface area contributed by atoms with Crippen LogP contribution in [0.2, 0.25) is 0 Å². The molecule has 1 aromatic rings. The Hall–Kier alpha value is -4.07. The Balaban J connectivity index is 2.63. The number of carbonyl (C=O) groups excluding carboxylic acids is 2. The number of benzene rings is 1. The standard InChI is InChI=1S/C20H23N3O8/c1-2-11-21-13-5-3-12(4-6-13)18(27)23-15(20(30)31)7-9-16(24)22-14(19(28)29)8-10-17(25)26/h1,3-6,14-15,21H,7-11H2,(H,22,24)(H,23,27)(H,25,26)(H,28,29)(H,30,31). The maximum absolute atomic E-state index is 12.3. The molecule has 2 unspecified atom stereocenters. The first kappa shape index (κ1) is 25.0. The summed E-state index contributed by atoms with van der Waals surface area (Å²) in [5.74, 6) is -3.03. The zero-order valence-corrected chi connectivity index (χ0v) is 16.5. The van der Waals surface area contributed by atoms with Gasteiger partial charge in [-0.1, -0.05) is 5.92 Å². The van der Waals surface area contributed by atoms with Crippen LogP contribution < -0.4 is 16.0 Å². The number of hydrogen-bond acceptors (Lipinski definition) is 6. The van der Waals surface area contributed by atoms with Gasteiger partial charge in [-0.05, 0) is 37.1 Å². The highest BCUT2D eigenvalue weighted by molar-refractivity contribution is 5.97. The minimum absolute atomic E-state index is 0.196. The lowest BCUT2D eigenvalue weighted by Gasteiger charge is -2.16. The Labute approximate surface area is 177 Å². The SMILES string of the molecule is C#CCNc1ccc(C(=O)NC(CCC(=O)NC(CCC(=O)O)C(=O)O)C(=O)O)cc1. The summed E-state index contributed by atoms with van der Waals surface area (Å²) in [4.78, 5) is 57.3. The van der Waals surface area contributed by atoms with Crippen molar-refractivity contribution in [2.45, 2.75) is 37.8 Å². The molecular weight excluding hydrogens is 410 g/mol. The number of terminal acetylenes is 1. The Morgan fingerprint density at radius 1 is 0.871 bits per heavy atom. The van der Waals surface area contributed by atoms with E-state index in [2.05, 4.69) is 21.9 Å². The van der Waals surface area contributed by atoms with Crippen molar-refractivity contribution in [2.24, 2.45) is 0 Å². The summed E-state index contributed by atoms with van der Waals surface area (Å²) in [6, 6.07) is 3.33. The van der Waals surface area contributed by atoms with Gasteiger partial charge in [0.05, 0.1) is 6.54 Å². The van der Waals surface area contributed by atoms with E-state index in [9.17, 15) is 29.1 Å². The van der Waals surface area contributed by atoms with Crippen LogP contribution in [0.4, 0.5) is 5.69 Å². The molecule has 11 nitrogen and oxygen atoms in total. The monoisotopic (exact) mass is 433 g/mol. The molecule has 0 radical (unpaired) electrons. The van der Waals surface area contributed by atoms with Crippen molar-refractivity contribution in [3.05, 3.63) is 29.8 Å². The van der Waals surface area contributed by atoms with Gasteiger partial charge in [-0.3, -0.25) is 14.4 Å². The summed E-state index contributed by atoms with van der Waals surface area (Å²) < 4.78 is 0. The van der Waals surface area contributed by atoms with Crippen molar-refractivity contribution in [3.63, 3.8) is 0 Å². The summed E-state index contributed by atoms with van der Waals surface area (Å²) >= 11 is 0. The van der Waals surface area contributed by atoms with E-state index in [0.717, 1.165) is 0 Å². The molecule has 0 heterocycles.